The van der Waals surface area contributed by atoms with Crippen LogP contribution in [-0.4, -0.2) is 31.9 Å². The predicted octanol–water partition coefficient (Wildman–Crippen LogP) is 2.39. The molecule has 0 spiro atoms. The van der Waals surface area contributed by atoms with Crippen molar-refractivity contribution in [1.82, 2.24) is 24.5 Å². The van der Waals surface area contributed by atoms with E-state index in [4.69, 9.17) is 9.47 Å². The molecule has 0 bridgehead atoms. The summed E-state index contributed by atoms with van der Waals surface area (Å²) in [5.41, 5.74) is 1.27. The van der Waals surface area contributed by atoms with Crippen LogP contribution in [0.2, 0.25) is 0 Å². The molecule has 0 atom stereocenters. The Morgan fingerprint density at radius 3 is 2.73 bits per heavy atom. The van der Waals surface area contributed by atoms with Crippen LogP contribution in [0, 0.1) is 5.82 Å². The number of carbonyl (C=O) groups excluding carboxylic acids is 1. The molecule has 168 valence electrons. The van der Waals surface area contributed by atoms with Crippen molar-refractivity contribution in [1.29, 1.82) is 0 Å². The second-order valence-electron chi connectivity index (χ2n) is 7.58. The van der Waals surface area contributed by atoms with Gasteiger partial charge < -0.3 is 14.8 Å². The van der Waals surface area contributed by atoms with Crippen LogP contribution in [0.15, 0.2) is 59.7 Å². The molecule has 0 radical (unpaired) electrons. The molecule has 0 fully saturated rings. The third-order valence-corrected chi connectivity index (χ3v) is 5.38. The summed E-state index contributed by atoms with van der Waals surface area (Å²) in [6.07, 6.45) is 4.63. The number of benzene rings is 2. The third-order valence-electron chi connectivity index (χ3n) is 5.38. The molecule has 1 amide bonds. The van der Waals surface area contributed by atoms with Crippen LogP contribution in [-0.2, 0) is 17.8 Å². The zero-order valence-electron chi connectivity index (χ0n) is 17.5. The number of nitrogens with zero attached hydrogens (tertiary/aromatic N) is 4. The lowest BCUT2D eigenvalue weighted by atomic mass is 10.2. The summed E-state index contributed by atoms with van der Waals surface area (Å²) in [5, 5.41) is 11.0. The fourth-order valence-electron chi connectivity index (χ4n) is 3.66. The fraction of sp³-hybridized carbons (Fsp3) is 0.217. The summed E-state index contributed by atoms with van der Waals surface area (Å²) < 4.78 is 26.8. The summed E-state index contributed by atoms with van der Waals surface area (Å²) in [5.74, 6) is 1.52. The molecule has 0 aliphatic carbocycles. The topological polar surface area (TPSA) is 99.8 Å². The van der Waals surface area contributed by atoms with Gasteiger partial charge in [0.1, 0.15) is 11.6 Å². The second kappa shape index (κ2) is 8.73. The Kier molecular flexibility index (Phi) is 5.47. The highest BCUT2D eigenvalue weighted by Crippen LogP contribution is 2.32. The number of rotatable bonds is 7. The van der Waals surface area contributed by atoms with Gasteiger partial charge in [0.25, 0.3) is 0 Å². The predicted molar refractivity (Wildman–Crippen MR) is 116 cm³/mol. The molecule has 0 unspecified atom stereocenters. The van der Waals surface area contributed by atoms with Crippen molar-refractivity contribution in [2.24, 2.45) is 0 Å². The summed E-state index contributed by atoms with van der Waals surface area (Å²) in [4.78, 5) is 25.0. The minimum absolute atomic E-state index is 0.0832. The SMILES string of the molecule is O=C(CCCc1nnc2c(=O)n(-c3ccc(F)cc3)ccn12)NCc1ccc2c(c1)OCO2. The Hall–Kier alpha value is -4.21. The third kappa shape index (κ3) is 4.27. The second-order valence-corrected chi connectivity index (χ2v) is 7.58. The molecule has 5 rings (SSSR count). The minimum Gasteiger partial charge on any atom is -0.454 e. The van der Waals surface area contributed by atoms with E-state index >= 15 is 0 Å². The summed E-state index contributed by atoms with van der Waals surface area (Å²) in [6, 6.07) is 11.2. The highest BCUT2D eigenvalue weighted by Gasteiger charge is 2.14. The van der Waals surface area contributed by atoms with Crippen molar-refractivity contribution in [3.8, 4) is 17.2 Å². The highest BCUT2D eigenvalue weighted by molar-refractivity contribution is 5.75. The average Bonchev–Trinajstić information content (AvgIpc) is 3.46. The normalized spacial score (nSPS) is 12.3. The summed E-state index contributed by atoms with van der Waals surface area (Å²) in [6.45, 7) is 0.606. The van der Waals surface area contributed by atoms with Gasteiger partial charge in [0.2, 0.25) is 18.3 Å². The van der Waals surface area contributed by atoms with E-state index in [1.165, 1.54) is 28.8 Å². The monoisotopic (exact) mass is 449 g/mol. The Morgan fingerprint density at radius 2 is 1.88 bits per heavy atom. The van der Waals surface area contributed by atoms with Gasteiger partial charge in [-0.05, 0) is 48.4 Å². The number of hydrogen-bond acceptors (Lipinski definition) is 6. The molecule has 0 saturated carbocycles. The van der Waals surface area contributed by atoms with Crippen LogP contribution in [0.3, 0.4) is 0 Å². The van der Waals surface area contributed by atoms with Crippen molar-refractivity contribution in [2.75, 3.05) is 6.79 Å². The van der Waals surface area contributed by atoms with Crippen molar-refractivity contribution < 1.29 is 18.7 Å². The van der Waals surface area contributed by atoms with E-state index in [2.05, 4.69) is 15.5 Å². The maximum absolute atomic E-state index is 13.2. The van der Waals surface area contributed by atoms with Crippen LogP contribution in [0.5, 0.6) is 11.5 Å². The van der Waals surface area contributed by atoms with Gasteiger partial charge in [-0.15, -0.1) is 10.2 Å². The molecule has 10 heteroatoms. The van der Waals surface area contributed by atoms with E-state index in [-0.39, 0.29) is 29.7 Å². The van der Waals surface area contributed by atoms with Crippen molar-refractivity contribution in [2.45, 2.75) is 25.8 Å². The summed E-state index contributed by atoms with van der Waals surface area (Å²) in [7, 11) is 0. The lowest BCUT2D eigenvalue weighted by Crippen LogP contribution is -2.22. The Labute approximate surface area is 187 Å². The zero-order valence-corrected chi connectivity index (χ0v) is 17.5. The number of carbonyl (C=O) groups is 1. The van der Waals surface area contributed by atoms with Gasteiger partial charge in [-0.1, -0.05) is 6.07 Å². The lowest BCUT2D eigenvalue weighted by molar-refractivity contribution is -0.121. The number of aryl methyl sites for hydroxylation is 1. The van der Waals surface area contributed by atoms with Crippen LogP contribution in [0.25, 0.3) is 11.3 Å². The molecule has 33 heavy (non-hydrogen) atoms. The van der Waals surface area contributed by atoms with Crippen LogP contribution in [0.4, 0.5) is 4.39 Å². The van der Waals surface area contributed by atoms with Gasteiger partial charge in [0.05, 0.1) is 0 Å². The maximum atomic E-state index is 13.2. The van der Waals surface area contributed by atoms with Gasteiger partial charge >= 0.3 is 5.56 Å². The Bertz CT molecular complexity index is 1380. The van der Waals surface area contributed by atoms with Gasteiger partial charge in [-0.2, -0.15) is 0 Å². The molecule has 9 nitrogen and oxygen atoms in total. The molecule has 1 N–H and O–H groups in total. The van der Waals surface area contributed by atoms with Crippen molar-refractivity contribution in [3.05, 3.63) is 82.4 Å². The molecule has 3 heterocycles. The highest BCUT2D eigenvalue weighted by atomic mass is 19.1. The first-order chi connectivity index (χ1) is 16.1. The first-order valence-corrected chi connectivity index (χ1v) is 10.4. The number of aromatic nitrogens is 4. The average molecular weight is 449 g/mol. The molecule has 2 aromatic heterocycles. The molecule has 1 aliphatic rings. The molecular formula is C23H20FN5O4. The van der Waals surface area contributed by atoms with Gasteiger partial charge in [-0.3, -0.25) is 18.6 Å². The molecule has 2 aromatic carbocycles. The number of fused-ring (bicyclic) bond motifs is 2. The first kappa shape index (κ1) is 20.7. The largest absolute Gasteiger partial charge is 0.454 e. The number of nitrogens with one attached hydrogen (secondary N) is 1. The Balaban J connectivity index is 1.18. The molecule has 0 saturated heterocycles. The lowest BCUT2D eigenvalue weighted by Gasteiger charge is -2.07. The van der Waals surface area contributed by atoms with Crippen molar-refractivity contribution in [3.63, 3.8) is 0 Å². The van der Waals surface area contributed by atoms with E-state index in [1.807, 2.05) is 18.2 Å². The van der Waals surface area contributed by atoms with E-state index in [9.17, 15) is 14.0 Å². The van der Waals surface area contributed by atoms with Gasteiger partial charge in [-0.25, -0.2) is 4.39 Å². The minimum atomic E-state index is -0.377. The molecule has 1 aliphatic heterocycles. The zero-order chi connectivity index (χ0) is 22.8. The van der Waals surface area contributed by atoms with E-state index in [0.717, 1.165) is 5.56 Å². The van der Waals surface area contributed by atoms with E-state index in [1.54, 1.807) is 16.8 Å². The summed E-state index contributed by atoms with van der Waals surface area (Å²) >= 11 is 0. The number of amides is 1. The number of hydrogen-bond donors (Lipinski definition) is 1. The standard InChI is InChI=1S/C23H20FN5O4/c24-16-5-7-17(8-6-16)28-10-11-29-20(26-27-22(29)23(28)31)2-1-3-21(30)25-13-15-4-9-18-19(12-15)33-14-32-18/h4-12H,1-3,13-14H2,(H,25,30). The number of ether oxygens (including phenoxy) is 2. The van der Waals surface area contributed by atoms with Crippen molar-refractivity contribution >= 4 is 11.6 Å². The maximum Gasteiger partial charge on any atom is 0.300 e. The van der Waals surface area contributed by atoms with Gasteiger partial charge in [0.15, 0.2) is 11.5 Å². The number of halogens is 1. The molecule has 4 aromatic rings. The Morgan fingerprint density at radius 1 is 1.06 bits per heavy atom. The van der Waals surface area contributed by atoms with E-state index in [0.29, 0.717) is 48.8 Å². The smallest absolute Gasteiger partial charge is 0.300 e. The van der Waals surface area contributed by atoms with Crippen LogP contribution >= 0.6 is 0 Å². The van der Waals surface area contributed by atoms with Gasteiger partial charge in [0, 0.05) is 37.5 Å². The van der Waals surface area contributed by atoms with Crippen LogP contribution in [0.1, 0.15) is 24.2 Å². The first-order valence-electron chi connectivity index (χ1n) is 10.4. The van der Waals surface area contributed by atoms with Crippen LogP contribution < -0.4 is 20.3 Å². The van der Waals surface area contributed by atoms with E-state index < -0.39 is 0 Å². The fourth-order valence-corrected chi connectivity index (χ4v) is 3.66. The molecular weight excluding hydrogens is 429 g/mol. The quantitative estimate of drug-likeness (QED) is 0.465.